The van der Waals surface area contributed by atoms with Gasteiger partial charge in [0.25, 0.3) is 0 Å². The molecule has 1 unspecified atom stereocenters. The molecule has 4 rings (SSSR count). The SMILES string of the molecule is CN1Cc2occc2C(Oc2ccc3c(c2)CCC3)C1.Cl. The summed E-state index contributed by atoms with van der Waals surface area (Å²) in [5, 5.41) is 0. The van der Waals surface area contributed by atoms with Crippen LogP contribution in [0.3, 0.4) is 0 Å². The van der Waals surface area contributed by atoms with E-state index in [0.717, 1.165) is 24.6 Å². The lowest BCUT2D eigenvalue weighted by atomic mass is 10.1. The molecule has 0 fully saturated rings. The summed E-state index contributed by atoms with van der Waals surface area (Å²) in [7, 11) is 2.10. The fourth-order valence-electron chi connectivity index (χ4n) is 3.34. The molecular weight excluding hydrogens is 286 g/mol. The van der Waals surface area contributed by atoms with Crippen LogP contribution in [-0.2, 0) is 19.4 Å². The molecule has 1 aliphatic carbocycles. The molecule has 0 radical (unpaired) electrons. The number of fused-ring (bicyclic) bond motifs is 2. The minimum Gasteiger partial charge on any atom is -0.484 e. The topological polar surface area (TPSA) is 25.6 Å². The Balaban J connectivity index is 0.00000132. The molecule has 0 bridgehead atoms. The molecule has 0 saturated heterocycles. The first kappa shape index (κ1) is 14.5. The molecule has 0 spiro atoms. The standard InChI is InChI=1S/C17H19NO2.ClH/c1-18-10-16-15(7-8-19-16)17(11-18)20-14-6-5-12-3-2-4-13(12)9-14;/h5-9,17H,2-4,10-11H2,1H3;1H. The smallest absolute Gasteiger partial charge is 0.140 e. The first-order chi connectivity index (χ1) is 9.79. The summed E-state index contributed by atoms with van der Waals surface area (Å²) in [4.78, 5) is 2.24. The lowest BCUT2D eigenvalue weighted by molar-refractivity contribution is 0.120. The fourth-order valence-corrected chi connectivity index (χ4v) is 3.34. The van der Waals surface area contributed by atoms with Gasteiger partial charge in [-0.25, -0.2) is 0 Å². The van der Waals surface area contributed by atoms with Crippen LogP contribution >= 0.6 is 12.4 Å². The Kier molecular flexibility index (Phi) is 3.96. The van der Waals surface area contributed by atoms with Gasteiger partial charge in [0.05, 0.1) is 12.8 Å². The van der Waals surface area contributed by atoms with Crippen molar-refractivity contribution in [3.63, 3.8) is 0 Å². The van der Waals surface area contributed by atoms with Gasteiger partial charge in [-0.3, -0.25) is 4.90 Å². The number of hydrogen-bond donors (Lipinski definition) is 0. The fraction of sp³-hybridized carbons (Fsp3) is 0.412. The van der Waals surface area contributed by atoms with Crippen molar-refractivity contribution in [2.24, 2.45) is 0 Å². The Morgan fingerprint density at radius 2 is 2.05 bits per heavy atom. The van der Waals surface area contributed by atoms with E-state index in [2.05, 4.69) is 30.1 Å². The molecule has 2 aromatic rings. The molecule has 1 aromatic carbocycles. The van der Waals surface area contributed by atoms with E-state index in [1.807, 2.05) is 6.07 Å². The van der Waals surface area contributed by atoms with E-state index in [9.17, 15) is 0 Å². The number of halogens is 1. The minimum absolute atomic E-state index is 0. The van der Waals surface area contributed by atoms with Crippen molar-refractivity contribution in [3.8, 4) is 5.75 Å². The van der Waals surface area contributed by atoms with Crippen LogP contribution in [0.4, 0.5) is 0 Å². The molecule has 3 nitrogen and oxygen atoms in total. The summed E-state index contributed by atoms with van der Waals surface area (Å²) in [5.41, 5.74) is 4.14. The van der Waals surface area contributed by atoms with Crippen LogP contribution < -0.4 is 4.74 Å². The number of furan rings is 1. The lowest BCUT2D eigenvalue weighted by Crippen LogP contribution is -2.32. The van der Waals surface area contributed by atoms with Crippen molar-refractivity contribution in [2.75, 3.05) is 13.6 Å². The van der Waals surface area contributed by atoms with Gasteiger partial charge >= 0.3 is 0 Å². The van der Waals surface area contributed by atoms with Crippen LogP contribution in [0.25, 0.3) is 0 Å². The lowest BCUT2D eigenvalue weighted by Gasteiger charge is -2.29. The number of hydrogen-bond acceptors (Lipinski definition) is 3. The Labute approximate surface area is 131 Å². The molecule has 0 saturated carbocycles. The van der Waals surface area contributed by atoms with Crippen LogP contribution in [0.1, 0.15) is 35.0 Å². The Hall–Kier alpha value is -1.45. The molecule has 2 aliphatic rings. The minimum atomic E-state index is 0. The van der Waals surface area contributed by atoms with E-state index in [0.29, 0.717) is 0 Å². The number of benzene rings is 1. The highest BCUT2D eigenvalue weighted by atomic mass is 35.5. The number of ether oxygens (including phenoxy) is 1. The maximum atomic E-state index is 6.23. The number of rotatable bonds is 2. The summed E-state index contributed by atoms with van der Waals surface area (Å²) in [6.07, 6.45) is 5.52. The zero-order valence-corrected chi connectivity index (χ0v) is 13.0. The van der Waals surface area contributed by atoms with Gasteiger partial charge in [-0.2, -0.15) is 0 Å². The van der Waals surface area contributed by atoms with E-state index in [1.54, 1.807) is 6.26 Å². The third-order valence-electron chi connectivity index (χ3n) is 4.37. The summed E-state index contributed by atoms with van der Waals surface area (Å²) >= 11 is 0. The van der Waals surface area contributed by atoms with Gasteiger partial charge < -0.3 is 9.15 Å². The van der Waals surface area contributed by atoms with Crippen LogP contribution in [-0.4, -0.2) is 18.5 Å². The van der Waals surface area contributed by atoms with Crippen LogP contribution in [0.2, 0.25) is 0 Å². The van der Waals surface area contributed by atoms with Crippen LogP contribution in [0, 0.1) is 0 Å². The van der Waals surface area contributed by atoms with Gasteiger partial charge in [0.15, 0.2) is 0 Å². The predicted octanol–water partition coefficient (Wildman–Crippen LogP) is 3.76. The number of aryl methyl sites for hydroxylation is 2. The molecule has 1 aliphatic heterocycles. The van der Waals surface area contributed by atoms with E-state index in [-0.39, 0.29) is 18.5 Å². The molecule has 1 aromatic heterocycles. The van der Waals surface area contributed by atoms with E-state index < -0.39 is 0 Å². The van der Waals surface area contributed by atoms with Gasteiger partial charge in [0, 0.05) is 12.1 Å². The molecule has 21 heavy (non-hydrogen) atoms. The van der Waals surface area contributed by atoms with Gasteiger partial charge in [-0.15, -0.1) is 12.4 Å². The van der Waals surface area contributed by atoms with Crippen molar-refractivity contribution < 1.29 is 9.15 Å². The zero-order valence-electron chi connectivity index (χ0n) is 12.2. The molecular formula is C17H20ClNO2. The number of likely N-dealkylation sites (N-methyl/N-ethyl adjacent to an activating group) is 1. The first-order valence-electron chi connectivity index (χ1n) is 7.33. The second-order valence-corrected chi connectivity index (χ2v) is 5.89. The molecule has 1 atom stereocenters. The van der Waals surface area contributed by atoms with Crippen molar-refractivity contribution in [2.45, 2.75) is 31.9 Å². The van der Waals surface area contributed by atoms with E-state index >= 15 is 0 Å². The largest absolute Gasteiger partial charge is 0.484 e. The monoisotopic (exact) mass is 305 g/mol. The zero-order chi connectivity index (χ0) is 13.5. The molecule has 4 heteroatoms. The molecule has 0 N–H and O–H groups in total. The summed E-state index contributed by atoms with van der Waals surface area (Å²) in [6.45, 7) is 1.77. The summed E-state index contributed by atoms with van der Waals surface area (Å²) < 4.78 is 11.8. The highest BCUT2D eigenvalue weighted by Gasteiger charge is 2.27. The van der Waals surface area contributed by atoms with Gasteiger partial charge in [0.2, 0.25) is 0 Å². The maximum absolute atomic E-state index is 6.23. The third-order valence-corrected chi connectivity index (χ3v) is 4.37. The van der Waals surface area contributed by atoms with Gasteiger partial charge in [-0.05, 0) is 55.6 Å². The van der Waals surface area contributed by atoms with E-state index in [1.165, 1.54) is 36.0 Å². The average molecular weight is 306 g/mol. The van der Waals surface area contributed by atoms with Crippen molar-refractivity contribution >= 4 is 12.4 Å². The normalized spacial score (nSPS) is 20.5. The first-order valence-corrected chi connectivity index (χ1v) is 7.33. The number of nitrogens with zero attached hydrogens (tertiary/aromatic N) is 1. The second-order valence-electron chi connectivity index (χ2n) is 5.89. The highest BCUT2D eigenvalue weighted by Crippen LogP contribution is 2.33. The van der Waals surface area contributed by atoms with Crippen LogP contribution in [0.15, 0.2) is 34.9 Å². The van der Waals surface area contributed by atoms with Gasteiger partial charge in [0.1, 0.15) is 17.6 Å². The summed E-state index contributed by atoms with van der Waals surface area (Å²) in [5.74, 6) is 2.02. The Bertz CT molecular complexity index is 637. The predicted molar refractivity (Wildman–Crippen MR) is 84.1 cm³/mol. The maximum Gasteiger partial charge on any atom is 0.140 e. The van der Waals surface area contributed by atoms with Crippen molar-refractivity contribution in [1.82, 2.24) is 4.90 Å². The quantitative estimate of drug-likeness (QED) is 0.845. The van der Waals surface area contributed by atoms with E-state index in [4.69, 9.17) is 9.15 Å². The second kappa shape index (κ2) is 5.74. The Morgan fingerprint density at radius 3 is 2.95 bits per heavy atom. The Morgan fingerprint density at radius 1 is 1.19 bits per heavy atom. The van der Waals surface area contributed by atoms with Crippen LogP contribution in [0.5, 0.6) is 5.75 Å². The molecule has 2 heterocycles. The van der Waals surface area contributed by atoms with Crippen molar-refractivity contribution in [3.05, 3.63) is 53.0 Å². The average Bonchev–Trinajstić information content (AvgIpc) is 3.05. The third kappa shape index (κ3) is 2.68. The van der Waals surface area contributed by atoms with Crippen molar-refractivity contribution in [1.29, 1.82) is 0 Å². The van der Waals surface area contributed by atoms with Gasteiger partial charge in [-0.1, -0.05) is 6.07 Å². The highest BCUT2D eigenvalue weighted by molar-refractivity contribution is 5.85. The summed E-state index contributed by atoms with van der Waals surface area (Å²) in [6, 6.07) is 8.59. The molecule has 112 valence electrons. The molecule has 0 amide bonds.